The second kappa shape index (κ2) is 8.86. The Kier molecular flexibility index (Phi) is 5.99. The number of rotatable bonds is 7. The van der Waals surface area contributed by atoms with E-state index in [0.29, 0.717) is 0 Å². The molecule has 8 heteroatoms. The van der Waals surface area contributed by atoms with Gasteiger partial charge in [0.05, 0.1) is 18.7 Å². The molecule has 1 aliphatic heterocycles. The number of hydrogen-bond donors (Lipinski definition) is 0. The number of hydrogen-bond acceptors (Lipinski definition) is 4. The van der Waals surface area contributed by atoms with Crippen molar-refractivity contribution in [2.45, 2.75) is 56.9 Å². The van der Waals surface area contributed by atoms with E-state index in [0.717, 1.165) is 19.1 Å². The first-order chi connectivity index (χ1) is 16.8. The fourth-order valence-corrected chi connectivity index (χ4v) is 11.3. The molecule has 1 amide bonds. The number of carbonyl (C=O) groups excluding carboxylic acids is 2. The van der Waals surface area contributed by atoms with E-state index in [1.807, 2.05) is 12.1 Å². The Morgan fingerprint density at radius 3 is 2.26 bits per heavy atom. The lowest BCUT2D eigenvalue weighted by Gasteiger charge is -2.47. The third-order valence-corrected chi connectivity index (χ3v) is 13.0. The molecule has 2 bridgehead atoms. The minimum absolute atomic E-state index is 0.0498. The van der Waals surface area contributed by atoms with Crippen molar-refractivity contribution in [3.05, 3.63) is 66.2 Å². The third kappa shape index (κ3) is 3.86. The van der Waals surface area contributed by atoms with Crippen LogP contribution in [0.1, 0.15) is 33.6 Å². The molecule has 2 aromatic rings. The average molecular weight is 490 g/mol. The molecule has 2 aromatic carbocycles. The molecule has 3 fully saturated rings. The summed E-state index contributed by atoms with van der Waals surface area (Å²) in [5, 5.41) is 2.30. The topological polar surface area (TPSA) is 92.2 Å². The van der Waals surface area contributed by atoms with Gasteiger partial charge in [-0.1, -0.05) is 81.4 Å². The molecule has 1 heterocycles. The van der Waals surface area contributed by atoms with Gasteiger partial charge in [0.25, 0.3) is 14.1 Å². The molecule has 0 spiro atoms. The van der Waals surface area contributed by atoms with Gasteiger partial charge in [-0.2, -0.15) is 4.79 Å². The van der Waals surface area contributed by atoms with Crippen molar-refractivity contribution in [2.75, 3.05) is 6.54 Å². The Bertz CT molecular complexity index is 1120. The zero-order chi connectivity index (χ0) is 24.8. The van der Waals surface area contributed by atoms with Gasteiger partial charge in [-0.25, -0.2) is 4.79 Å². The van der Waals surface area contributed by atoms with E-state index in [2.05, 4.69) is 74.1 Å². The summed E-state index contributed by atoms with van der Waals surface area (Å²) in [6.45, 7) is 6.63. The van der Waals surface area contributed by atoms with Crippen LogP contribution in [-0.4, -0.2) is 60.9 Å². The second-order valence-electron chi connectivity index (χ2n) is 10.9. The van der Waals surface area contributed by atoms with E-state index in [1.54, 1.807) is 0 Å². The van der Waals surface area contributed by atoms with Crippen molar-refractivity contribution in [3.8, 4) is 0 Å². The molecule has 35 heavy (non-hydrogen) atoms. The zero-order valence-electron chi connectivity index (χ0n) is 20.3. The second-order valence-corrected chi connectivity index (χ2v) is 15.1. The minimum Gasteiger partial charge on any atom is -0.444 e. The minimum atomic E-state index is -2.74. The van der Waals surface area contributed by atoms with Crippen molar-refractivity contribution in [2.24, 2.45) is 11.8 Å². The highest BCUT2D eigenvalue weighted by Gasteiger charge is 2.64. The van der Waals surface area contributed by atoms with E-state index in [9.17, 15) is 9.59 Å². The van der Waals surface area contributed by atoms with Crippen LogP contribution in [0.4, 0.5) is 4.79 Å². The largest absolute Gasteiger partial charge is 0.444 e. The Labute approximate surface area is 206 Å². The van der Waals surface area contributed by atoms with Crippen molar-refractivity contribution in [1.29, 1.82) is 0 Å². The molecule has 0 radical (unpaired) electrons. The summed E-state index contributed by atoms with van der Waals surface area (Å²) >= 11 is 0. The Hall–Kier alpha value is -3.06. The van der Waals surface area contributed by atoms with Crippen LogP contribution in [0.5, 0.6) is 0 Å². The summed E-state index contributed by atoms with van der Waals surface area (Å²) in [5.41, 5.74) is 8.73. The van der Waals surface area contributed by atoms with E-state index in [1.165, 1.54) is 15.3 Å². The highest BCUT2D eigenvalue weighted by Crippen LogP contribution is 2.53. The Balaban J connectivity index is 1.53. The van der Waals surface area contributed by atoms with Gasteiger partial charge in [0, 0.05) is 11.8 Å². The van der Waals surface area contributed by atoms with E-state index in [4.69, 9.17) is 14.7 Å². The summed E-state index contributed by atoms with van der Waals surface area (Å²) in [6, 6.07) is 20.9. The number of amides is 1. The predicted molar refractivity (Wildman–Crippen MR) is 134 cm³/mol. The third-order valence-electron chi connectivity index (χ3n) is 7.93. The van der Waals surface area contributed by atoms with Crippen LogP contribution in [0.3, 0.4) is 0 Å². The van der Waals surface area contributed by atoms with Gasteiger partial charge in [0.1, 0.15) is 6.10 Å². The SMILES string of the molecule is CC(C)(C)[Si](O[C@H]1C[C@@H]2C[C@H]1[C@H]1[C@@H]2OC(=O)N1CC(=O)C=[N+]=[N-])(c1ccccc1)c1ccccc1. The van der Waals surface area contributed by atoms with Gasteiger partial charge in [-0.15, -0.1) is 0 Å². The fraction of sp³-hybridized carbons (Fsp3) is 0.444. The molecule has 0 aromatic heterocycles. The maximum absolute atomic E-state index is 12.7. The fourth-order valence-electron chi connectivity index (χ4n) is 6.60. The van der Waals surface area contributed by atoms with Crippen LogP contribution < -0.4 is 10.4 Å². The van der Waals surface area contributed by atoms with E-state index in [-0.39, 0.29) is 41.7 Å². The van der Waals surface area contributed by atoms with Crippen LogP contribution in [0.2, 0.25) is 5.04 Å². The molecular formula is C27H31N3O4Si. The number of nitrogens with zero attached hydrogens (tertiary/aromatic N) is 3. The predicted octanol–water partition coefficient (Wildman–Crippen LogP) is 3.03. The molecule has 5 atom stereocenters. The average Bonchev–Trinajstić information content (AvgIpc) is 3.49. The monoisotopic (exact) mass is 489 g/mol. The molecule has 3 aliphatic rings. The van der Waals surface area contributed by atoms with Crippen molar-refractivity contribution < 1.29 is 23.5 Å². The normalized spacial score (nSPS) is 27.3. The number of ketones is 1. The van der Waals surface area contributed by atoms with Crippen LogP contribution in [-0.2, 0) is 14.0 Å². The maximum atomic E-state index is 12.7. The molecule has 182 valence electrons. The maximum Gasteiger partial charge on any atom is 0.410 e. The van der Waals surface area contributed by atoms with Crippen molar-refractivity contribution >= 4 is 36.8 Å². The standard InChI is InChI=1S/C27H31N3O4Si/c1-27(2,3)35(20-10-6-4-7-11-20,21-12-8-5-9-13-21)34-23-15-18-14-22(23)24-25(18)33-26(32)30(24)17-19(31)16-29-28/h4-13,16,18,22-25H,14-15,17H2,1-3H3/t18-,22+,23-,24-,25+/m0/s1. The number of carbonyl (C=O) groups is 2. The van der Waals surface area contributed by atoms with Crippen LogP contribution in [0.15, 0.2) is 60.7 Å². The molecule has 7 nitrogen and oxygen atoms in total. The summed E-state index contributed by atoms with van der Waals surface area (Å²) in [6.07, 6.45) is 1.84. The number of Topliss-reactive ketones (excluding diaryl/α,β-unsaturated/α-hetero) is 1. The summed E-state index contributed by atoms with van der Waals surface area (Å²) < 4.78 is 13.1. The Morgan fingerprint density at radius 1 is 1.11 bits per heavy atom. The molecule has 2 aliphatic carbocycles. The lowest BCUT2D eigenvalue weighted by atomic mass is 9.90. The van der Waals surface area contributed by atoms with Crippen LogP contribution in [0, 0.1) is 11.8 Å². The smallest absolute Gasteiger partial charge is 0.410 e. The first kappa shape index (κ1) is 23.7. The molecule has 5 rings (SSSR count). The van der Waals surface area contributed by atoms with Gasteiger partial charge in [0.15, 0.2) is 0 Å². The highest BCUT2D eigenvalue weighted by molar-refractivity contribution is 6.99. The summed E-state index contributed by atoms with van der Waals surface area (Å²) in [7, 11) is -2.74. The zero-order valence-corrected chi connectivity index (χ0v) is 21.3. The van der Waals surface area contributed by atoms with Gasteiger partial charge in [-0.05, 0) is 28.3 Å². The summed E-state index contributed by atoms with van der Waals surface area (Å²) in [4.78, 5) is 29.2. The molecule has 0 N–H and O–H groups in total. The van der Waals surface area contributed by atoms with E-state index < -0.39 is 20.2 Å². The first-order valence-corrected chi connectivity index (χ1v) is 14.1. The molecule has 0 unspecified atom stereocenters. The molecule has 2 saturated carbocycles. The van der Waals surface area contributed by atoms with Gasteiger partial charge >= 0.3 is 12.3 Å². The Morgan fingerprint density at radius 2 is 1.71 bits per heavy atom. The van der Waals surface area contributed by atoms with Crippen LogP contribution >= 0.6 is 0 Å². The van der Waals surface area contributed by atoms with Gasteiger partial charge in [-0.3, -0.25) is 9.69 Å². The van der Waals surface area contributed by atoms with Crippen molar-refractivity contribution in [3.63, 3.8) is 0 Å². The van der Waals surface area contributed by atoms with Gasteiger partial charge < -0.3 is 14.7 Å². The van der Waals surface area contributed by atoms with Crippen LogP contribution in [0.25, 0.3) is 5.53 Å². The van der Waals surface area contributed by atoms with Gasteiger partial charge in [0.2, 0.25) is 0 Å². The van der Waals surface area contributed by atoms with E-state index >= 15 is 0 Å². The molecular weight excluding hydrogens is 458 g/mol. The number of benzene rings is 2. The summed E-state index contributed by atoms with van der Waals surface area (Å²) in [5.74, 6) is -0.141. The van der Waals surface area contributed by atoms with Crippen molar-refractivity contribution in [1.82, 2.24) is 4.90 Å². The highest BCUT2D eigenvalue weighted by atomic mass is 28.4. The lowest BCUT2D eigenvalue weighted by molar-refractivity contribution is -0.117. The quantitative estimate of drug-likeness (QED) is 0.259. The number of fused-ring (bicyclic) bond motifs is 5. The lowest BCUT2D eigenvalue weighted by Crippen LogP contribution is -2.68. The number of ether oxygens (including phenoxy) is 1. The molecule has 1 saturated heterocycles. The first-order valence-electron chi connectivity index (χ1n) is 12.2.